The Balaban J connectivity index is 1.68. The Hall–Kier alpha value is -2.58. The van der Waals surface area contributed by atoms with Crippen molar-refractivity contribution >= 4 is 35.0 Å². The van der Waals surface area contributed by atoms with Gasteiger partial charge in [0.05, 0.1) is 24.2 Å². The number of amides is 1. The van der Waals surface area contributed by atoms with Crippen molar-refractivity contribution in [1.82, 2.24) is 20.2 Å². The molecule has 1 aromatic heterocycles. The van der Waals surface area contributed by atoms with Crippen LogP contribution >= 0.6 is 23.4 Å². The van der Waals surface area contributed by atoms with E-state index < -0.39 is 0 Å². The van der Waals surface area contributed by atoms with E-state index in [1.165, 1.54) is 11.8 Å². The lowest BCUT2D eigenvalue weighted by Crippen LogP contribution is -2.15. The van der Waals surface area contributed by atoms with Gasteiger partial charge >= 0.3 is 0 Å². The van der Waals surface area contributed by atoms with Crippen LogP contribution in [0.15, 0.2) is 47.6 Å². The van der Waals surface area contributed by atoms with E-state index in [-0.39, 0.29) is 11.7 Å². The number of nitrogens with zero attached hydrogens (tertiary/aromatic N) is 4. The minimum atomic E-state index is -0.184. The van der Waals surface area contributed by atoms with Crippen molar-refractivity contribution in [3.8, 4) is 11.4 Å². The highest BCUT2D eigenvalue weighted by atomic mass is 35.5. The van der Waals surface area contributed by atoms with Gasteiger partial charge in [0, 0.05) is 5.02 Å². The van der Waals surface area contributed by atoms with E-state index in [0.29, 0.717) is 21.6 Å². The first kappa shape index (κ1) is 18.2. The lowest BCUT2D eigenvalue weighted by atomic mass is 10.2. The fraction of sp³-hybridized carbons (Fsp3) is 0.176. The molecule has 7 nitrogen and oxygen atoms in total. The summed E-state index contributed by atoms with van der Waals surface area (Å²) in [7, 11) is 1.56. The number of tetrazole rings is 1. The van der Waals surface area contributed by atoms with E-state index in [1.807, 2.05) is 31.2 Å². The summed E-state index contributed by atoms with van der Waals surface area (Å²) in [5.74, 6) is 0.568. The molecule has 26 heavy (non-hydrogen) atoms. The number of carbonyl (C=O) groups is 1. The molecule has 1 heterocycles. The van der Waals surface area contributed by atoms with Crippen LogP contribution in [0, 0.1) is 6.92 Å². The monoisotopic (exact) mass is 389 g/mol. The molecular formula is C17H16ClN5O2S. The lowest BCUT2D eigenvalue weighted by Gasteiger charge is -2.09. The van der Waals surface area contributed by atoms with Crippen LogP contribution in [0.25, 0.3) is 5.69 Å². The third-order valence-corrected chi connectivity index (χ3v) is 4.88. The summed E-state index contributed by atoms with van der Waals surface area (Å²) in [6.07, 6.45) is 0. The third kappa shape index (κ3) is 4.14. The number of benzene rings is 2. The van der Waals surface area contributed by atoms with Gasteiger partial charge in [-0.15, -0.1) is 5.10 Å². The van der Waals surface area contributed by atoms with E-state index in [2.05, 4.69) is 20.8 Å². The minimum absolute atomic E-state index is 0.151. The molecule has 134 valence electrons. The van der Waals surface area contributed by atoms with Gasteiger partial charge in [0.1, 0.15) is 5.75 Å². The Morgan fingerprint density at radius 2 is 2.12 bits per heavy atom. The Morgan fingerprint density at radius 1 is 1.31 bits per heavy atom. The van der Waals surface area contributed by atoms with Gasteiger partial charge in [0.2, 0.25) is 11.1 Å². The van der Waals surface area contributed by atoms with E-state index in [1.54, 1.807) is 30.0 Å². The summed E-state index contributed by atoms with van der Waals surface area (Å²) in [5, 5.41) is 15.6. The van der Waals surface area contributed by atoms with Gasteiger partial charge in [-0.2, -0.15) is 4.68 Å². The van der Waals surface area contributed by atoms with Crippen molar-refractivity contribution in [2.75, 3.05) is 18.2 Å². The normalized spacial score (nSPS) is 10.6. The fourth-order valence-electron chi connectivity index (χ4n) is 2.21. The van der Waals surface area contributed by atoms with Crippen molar-refractivity contribution < 1.29 is 9.53 Å². The minimum Gasteiger partial charge on any atom is -0.495 e. The van der Waals surface area contributed by atoms with Gasteiger partial charge < -0.3 is 10.1 Å². The van der Waals surface area contributed by atoms with E-state index in [0.717, 1.165) is 11.3 Å². The Morgan fingerprint density at radius 3 is 2.88 bits per heavy atom. The molecular weight excluding hydrogens is 374 g/mol. The number of methoxy groups -OCH3 is 1. The van der Waals surface area contributed by atoms with Gasteiger partial charge in [-0.3, -0.25) is 4.79 Å². The average molecular weight is 390 g/mol. The largest absolute Gasteiger partial charge is 0.495 e. The van der Waals surface area contributed by atoms with Gasteiger partial charge in [-0.1, -0.05) is 41.6 Å². The summed E-state index contributed by atoms with van der Waals surface area (Å²) >= 11 is 7.40. The number of nitrogens with one attached hydrogen (secondary N) is 1. The second-order valence-electron chi connectivity index (χ2n) is 5.34. The number of aromatic nitrogens is 4. The predicted octanol–water partition coefficient (Wildman–Crippen LogP) is 3.36. The van der Waals surface area contributed by atoms with Crippen LogP contribution in [0.3, 0.4) is 0 Å². The maximum Gasteiger partial charge on any atom is 0.234 e. The van der Waals surface area contributed by atoms with E-state index >= 15 is 0 Å². The molecule has 0 unspecified atom stereocenters. The number of aryl methyl sites for hydroxylation is 1. The van der Waals surface area contributed by atoms with Gasteiger partial charge in [0.25, 0.3) is 0 Å². The lowest BCUT2D eigenvalue weighted by molar-refractivity contribution is -0.113. The zero-order valence-corrected chi connectivity index (χ0v) is 15.7. The fourth-order valence-corrected chi connectivity index (χ4v) is 3.07. The smallest absolute Gasteiger partial charge is 0.234 e. The van der Waals surface area contributed by atoms with Crippen LogP contribution < -0.4 is 10.1 Å². The molecule has 1 N–H and O–H groups in total. The zero-order chi connectivity index (χ0) is 18.5. The van der Waals surface area contributed by atoms with Crippen LogP contribution in [-0.2, 0) is 4.79 Å². The maximum atomic E-state index is 12.2. The molecule has 2 aromatic carbocycles. The highest BCUT2D eigenvalue weighted by Gasteiger charge is 2.13. The number of thioether (sulfide) groups is 1. The quantitative estimate of drug-likeness (QED) is 0.651. The predicted molar refractivity (Wildman–Crippen MR) is 101 cm³/mol. The molecule has 3 rings (SSSR count). The molecule has 0 aliphatic heterocycles. The van der Waals surface area contributed by atoms with Gasteiger partial charge in [0.15, 0.2) is 0 Å². The summed E-state index contributed by atoms with van der Waals surface area (Å²) in [6, 6.07) is 12.8. The highest BCUT2D eigenvalue weighted by molar-refractivity contribution is 7.99. The van der Waals surface area contributed by atoms with Crippen LogP contribution in [0.2, 0.25) is 5.02 Å². The second kappa shape index (κ2) is 8.20. The van der Waals surface area contributed by atoms with Crippen molar-refractivity contribution in [2.45, 2.75) is 12.1 Å². The first-order valence-corrected chi connectivity index (χ1v) is 9.05. The van der Waals surface area contributed by atoms with Gasteiger partial charge in [-0.05, 0) is 47.2 Å². The number of hydrogen-bond donors (Lipinski definition) is 1. The van der Waals surface area contributed by atoms with Crippen molar-refractivity contribution in [1.29, 1.82) is 0 Å². The van der Waals surface area contributed by atoms with Crippen LogP contribution in [-0.4, -0.2) is 39.0 Å². The molecule has 0 aliphatic rings. The number of para-hydroxylation sites is 2. The molecule has 0 bridgehead atoms. The average Bonchev–Trinajstić information content (AvgIpc) is 3.11. The molecule has 9 heteroatoms. The molecule has 0 saturated carbocycles. The van der Waals surface area contributed by atoms with Crippen LogP contribution in [0.5, 0.6) is 5.75 Å². The highest BCUT2D eigenvalue weighted by Crippen LogP contribution is 2.25. The third-order valence-electron chi connectivity index (χ3n) is 3.55. The number of anilines is 1. The molecule has 0 fully saturated rings. The summed E-state index contributed by atoms with van der Waals surface area (Å²) in [5.41, 5.74) is 2.32. The van der Waals surface area contributed by atoms with Crippen molar-refractivity contribution in [3.05, 3.63) is 53.1 Å². The molecule has 0 spiro atoms. The Labute approximate surface area is 159 Å². The van der Waals surface area contributed by atoms with E-state index in [4.69, 9.17) is 16.3 Å². The summed E-state index contributed by atoms with van der Waals surface area (Å²) in [6.45, 7) is 1.92. The van der Waals surface area contributed by atoms with Crippen molar-refractivity contribution in [2.24, 2.45) is 0 Å². The maximum absolute atomic E-state index is 12.2. The van der Waals surface area contributed by atoms with Crippen LogP contribution in [0.1, 0.15) is 5.56 Å². The number of hydrogen-bond acceptors (Lipinski definition) is 6. The Kier molecular flexibility index (Phi) is 5.75. The zero-order valence-electron chi connectivity index (χ0n) is 14.1. The number of carbonyl (C=O) groups excluding carboxylic acids is 1. The Bertz CT molecular complexity index is 931. The second-order valence-corrected chi connectivity index (χ2v) is 6.69. The number of ether oxygens (including phenoxy) is 1. The molecule has 0 atom stereocenters. The van der Waals surface area contributed by atoms with Crippen LogP contribution in [0.4, 0.5) is 5.69 Å². The number of rotatable bonds is 6. The van der Waals surface area contributed by atoms with E-state index in [9.17, 15) is 4.79 Å². The topological polar surface area (TPSA) is 81.9 Å². The molecule has 0 saturated heterocycles. The first-order valence-electron chi connectivity index (χ1n) is 7.69. The van der Waals surface area contributed by atoms with Gasteiger partial charge in [-0.25, -0.2) is 0 Å². The summed E-state index contributed by atoms with van der Waals surface area (Å²) in [4.78, 5) is 12.2. The molecule has 1 amide bonds. The standard InChI is InChI=1S/C17H16ClN5O2S/c1-11-7-8-12(9-13(11)18)23-17(20-21-22-23)26-10-16(24)19-14-5-3-4-6-15(14)25-2/h3-9H,10H2,1-2H3,(H,19,24). The summed E-state index contributed by atoms with van der Waals surface area (Å²) < 4.78 is 6.77. The molecule has 3 aromatic rings. The SMILES string of the molecule is COc1ccccc1NC(=O)CSc1nnnn1-c1ccc(C)c(Cl)c1. The molecule has 0 aliphatic carbocycles. The number of halogens is 1. The van der Waals surface area contributed by atoms with Crippen molar-refractivity contribution in [3.63, 3.8) is 0 Å². The molecule has 0 radical (unpaired) electrons. The first-order chi connectivity index (χ1) is 12.6.